The van der Waals surface area contributed by atoms with Crippen molar-refractivity contribution >= 4 is 23.9 Å². The summed E-state index contributed by atoms with van der Waals surface area (Å²) in [6.45, 7) is 13.6. The van der Waals surface area contributed by atoms with Crippen LogP contribution in [0.5, 0.6) is 0 Å². The van der Waals surface area contributed by atoms with Crippen LogP contribution in [0.2, 0.25) is 0 Å². The first kappa shape index (κ1) is 23.6. The van der Waals surface area contributed by atoms with Crippen molar-refractivity contribution in [2.24, 2.45) is 4.99 Å². The van der Waals surface area contributed by atoms with Crippen LogP contribution in [0.4, 0.5) is 0 Å². The average molecular weight is 444 g/mol. The number of H-pyrrole nitrogens is 2. The van der Waals surface area contributed by atoms with Gasteiger partial charge in [0.2, 0.25) is 0 Å². The van der Waals surface area contributed by atoms with Crippen LogP contribution in [-0.4, -0.2) is 21.7 Å². The highest BCUT2D eigenvalue weighted by Crippen LogP contribution is 2.29. The average Bonchev–Trinajstić information content (AvgIpc) is 3.40. The number of unbranched alkanes of at least 4 members (excludes halogenated alkanes) is 2. The summed E-state index contributed by atoms with van der Waals surface area (Å²) in [4.78, 5) is 12.8. The Balaban J connectivity index is 2.00. The fourth-order valence-electron chi connectivity index (χ4n) is 5.48. The van der Waals surface area contributed by atoms with Crippen LogP contribution in [-0.2, 0) is 19.3 Å². The second-order valence-corrected chi connectivity index (χ2v) is 9.65. The van der Waals surface area contributed by atoms with E-state index in [4.69, 9.17) is 4.99 Å². The highest BCUT2D eigenvalue weighted by atomic mass is 14.8. The third kappa shape index (κ3) is 4.47. The zero-order valence-corrected chi connectivity index (χ0v) is 21.5. The van der Waals surface area contributed by atoms with E-state index >= 15 is 0 Å². The lowest BCUT2D eigenvalue weighted by Gasteiger charge is -2.06. The molecule has 4 heterocycles. The van der Waals surface area contributed by atoms with Gasteiger partial charge in [0, 0.05) is 22.1 Å². The SMILES string of the molecule is CCCCC1=C(C)C2/C=C\c3[nH]c(c(CCCC)c3C)/C=c3\[nH]/c(c(CC)c3CC)=C\C1=N2. The first-order valence-corrected chi connectivity index (χ1v) is 13.1. The van der Waals surface area contributed by atoms with Crippen LogP contribution in [0.1, 0.15) is 100 Å². The van der Waals surface area contributed by atoms with Gasteiger partial charge in [-0.25, -0.2) is 0 Å². The number of nitrogens with one attached hydrogen (secondary N) is 2. The Morgan fingerprint density at radius 3 is 2.12 bits per heavy atom. The van der Waals surface area contributed by atoms with Gasteiger partial charge in [-0.2, -0.15) is 0 Å². The predicted molar refractivity (Wildman–Crippen MR) is 143 cm³/mol. The number of aliphatic imine (C=N–C) groups is 1. The number of fused-ring (bicyclic) bond motifs is 5. The van der Waals surface area contributed by atoms with Gasteiger partial charge in [0.1, 0.15) is 0 Å². The van der Waals surface area contributed by atoms with Gasteiger partial charge in [-0.1, -0.05) is 46.6 Å². The van der Waals surface area contributed by atoms with Crippen molar-refractivity contribution in [1.29, 1.82) is 0 Å². The van der Waals surface area contributed by atoms with Crippen molar-refractivity contribution < 1.29 is 0 Å². The molecule has 0 saturated heterocycles. The zero-order valence-electron chi connectivity index (χ0n) is 21.5. The number of aromatic nitrogens is 2. The summed E-state index contributed by atoms with van der Waals surface area (Å²) >= 11 is 0. The molecule has 0 fully saturated rings. The van der Waals surface area contributed by atoms with Crippen molar-refractivity contribution in [3.8, 4) is 0 Å². The van der Waals surface area contributed by atoms with Gasteiger partial charge in [-0.05, 0) is 104 Å². The third-order valence-corrected chi connectivity index (χ3v) is 7.52. The molecule has 2 aromatic heterocycles. The summed E-state index contributed by atoms with van der Waals surface area (Å²) in [6.07, 6.45) is 18.4. The Bertz CT molecular complexity index is 1230. The normalized spacial score (nSPS) is 20.3. The highest BCUT2D eigenvalue weighted by molar-refractivity contribution is 6.22. The van der Waals surface area contributed by atoms with Crippen LogP contribution < -0.4 is 10.7 Å². The van der Waals surface area contributed by atoms with Crippen molar-refractivity contribution in [2.75, 3.05) is 0 Å². The van der Waals surface area contributed by atoms with Crippen LogP contribution in [0.3, 0.4) is 0 Å². The van der Waals surface area contributed by atoms with E-state index in [1.165, 1.54) is 86.9 Å². The topological polar surface area (TPSA) is 43.9 Å². The Morgan fingerprint density at radius 2 is 1.45 bits per heavy atom. The Labute approximate surface area is 199 Å². The summed E-state index contributed by atoms with van der Waals surface area (Å²) < 4.78 is 0. The number of hydrogen-bond donors (Lipinski definition) is 2. The molecule has 33 heavy (non-hydrogen) atoms. The van der Waals surface area contributed by atoms with Gasteiger partial charge in [0.15, 0.2) is 0 Å². The summed E-state index contributed by atoms with van der Waals surface area (Å²) in [7, 11) is 0. The van der Waals surface area contributed by atoms with E-state index in [0.29, 0.717) is 0 Å². The monoisotopic (exact) mass is 443 g/mol. The van der Waals surface area contributed by atoms with Crippen LogP contribution >= 0.6 is 0 Å². The van der Waals surface area contributed by atoms with Crippen molar-refractivity contribution in [3.63, 3.8) is 0 Å². The number of nitrogens with zero attached hydrogens (tertiary/aromatic N) is 1. The fourth-order valence-corrected chi connectivity index (χ4v) is 5.48. The quantitative estimate of drug-likeness (QED) is 0.496. The van der Waals surface area contributed by atoms with Gasteiger partial charge in [0.25, 0.3) is 0 Å². The lowest BCUT2D eigenvalue weighted by atomic mass is 9.97. The molecule has 1 unspecified atom stereocenters. The Kier molecular flexibility index (Phi) is 7.26. The Hall–Kier alpha value is -2.55. The van der Waals surface area contributed by atoms with E-state index in [9.17, 15) is 0 Å². The predicted octanol–water partition coefficient (Wildman–Crippen LogP) is 6.08. The molecule has 176 valence electrons. The maximum Gasteiger partial charge on any atom is 0.0905 e. The zero-order chi connectivity index (χ0) is 23.5. The van der Waals surface area contributed by atoms with Crippen molar-refractivity contribution in [2.45, 2.75) is 99.0 Å². The van der Waals surface area contributed by atoms with Gasteiger partial charge in [-0.3, -0.25) is 4.99 Å². The number of rotatable bonds is 8. The maximum atomic E-state index is 5.21. The molecule has 3 heteroatoms. The van der Waals surface area contributed by atoms with Crippen LogP contribution in [0.25, 0.3) is 18.2 Å². The minimum Gasteiger partial charge on any atom is -0.355 e. The van der Waals surface area contributed by atoms with Gasteiger partial charge >= 0.3 is 0 Å². The molecule has 0 aromatic carbocycles. The minimum atomic E-state index is 0.128. The molecule has 3 nitrogen and oxygen atoms in total. The van der Waals surface area contributed by atoms with Crippen molar-refractivity contribution in [3.05, 3.63) is 61.6 Å². The molecule has 2 aliphatic heterocycles. The maximum absolute atomic E-state index is 5.21. The van der Waals surface area contributed by atoms with Gasteiger partial charge in [-0.15, -0.1) is 0 Å². The van der Waals surface area contributed by atoms with Gasteiger partial charge < -0.3 is 9.97 Å². The summed E-state index contributed by atoms with van der Waals surface area (Å²) in [5.74, 6) is 0. The number of aromatic amines is 2. The summed E-state index contributed by atoms with van der Waals surface area (Å²) in [5.41, 5.74) is 12.2. The standard InChI is InChI=1S/C30H41N3/c1-7-11-13-23-19(5)25-15-16-26-20(6)24(14-12-8-2)30(32-26)18-28-22(10-4)21(9-3)27(33-28)17-29(23)31-25/h15-18,25,32-33H,7-14H2,1-6H3/b16-15-,27-17-,28-18-. The molecule has 2 aliphatic rings. The first-order chi connectivity index (χ1) is 16.0. The summed E-state index contributed by atoms with van der Waals surface area (Å²) in [6, 6.07) is 0.128. The molecule has 1 atom stereocenters. The molecule has 6 bridgehead atoms. The van der Waals surface area contributed by atoms with E-state index in [-0.39, 0.29) is 6.04 Å². The molecule has 2 N–H and O–H groups in total. The molecular formula is C30H41N3. The smallest absolute Gasteiger partial charge is 0.0905 e. The van der Waals surface area contributed by atoms with E-state index in [1.807, 2.05) is 0 Å². The van der Waals surface area contributed by atoms with E-state index in [0.717, 1.165) is 25.7 Å². The number of hydrogen-bond acceptors (Lipinski definition) is 1. The first-order valence-electron chi connectivity index (χ1n) is 13.1. The Morgan fingerprint density at radius 1 is 0.788 bits per heavy atom. The molecule has 2 aromatic rings. The molecule has 0 aliphatic carbocycles. The lowest BCUT2D eigenvalue weighted by molar-refractivity contribution is 0.791. The number of allylic oxidation sites excluding steroid dienone is 1. The highest BCUT2D eigenvalue weighted by Gasteiger charge is 2.23. The van der Waals surface area contributed by atoms with E-state index < -0.39 is 0 Å². The largest absolute Gasteiger partial charge is 0.355 e. The fraction of sp³-hybridized carbons (Fsp3) is 0.500. The lowest BCUT2D eigenvalue weighted by Crippen LogP contribution is -2.15. The molecular weight excluding hydrogens is 402 g/mol. The molecule has 0 saturated carbocycles. The van der Waals surface area contributed by atoms with Crippen LogP contribution in [0, 0.1) is 6.92 Å². The molecule has 0 radical (unpaired) electrons. The molecule has 4 rings (SSSR count). The molecule has 0 amide bonds. The minimum absolute atomic E-state index is 0.128. The second kappa shape index (κ2) is 10.2. The second-order valence-electron chi connectivity index (χ2n) is 9.65. The van der Waals surface area contributed by atoms with E-state index in [1.54, 1.807) is 0 Å². The van der Waals surface area contributed by atoms with Crippen molar-refractivity contribution in [1.82, 2.24) is 9.97 Å². The molecule has 0 spiro atoms. The third-order valence-electron chi connectivity index (χ3n) is 7.52. The van der Waals surface area contributed by atoms with E-state index in [2.05, 4.69) is 75.8 Å². The van der Waals surface area contributed by atoms with Gasteiger partial charge in [0.05, 0.1) is 11.8 Å². The summed E-state index contributed by atoms with van der Waals surface area (Å²) in [5, 5.41) is 2.49. The van der Waals surface area contributed by atoms with Crippen LogP contribution in [0.15, 0.2) is 22.2 Å².